The van der Waals surface area contributed by atoms with Crippen LogP contribution in [0.3, 0.4) is 0 Å². The van der Waals surface area contributed by atoms with Gasteiger partial charge < -0.3 is 18.9 Å². The summed E-state index contributed by atoms with van der Waals surface area (Å²) < 4.78 is 23.2. The summed E-state index contributed by atoms with van der Waals surface area (Å²) in [7, 11) is 6.30. The molecule has 0 amide bonds. The van der Waals surface area contributed by atoms with Gasteiger partial charge in [0.1, 0.15) is 5.82 Å². The summed E-state index contributed by atoms with van der Waals surface area (Å²) in [6.45, 7) is 0.550. The second-order valence-electron chi connectivity index (χ2n) is 6.23. The Kier molecular flexibility index (Phi) is 4.14. The van der Waals surface area contributed by atoms with Crippen LogP contribution in [0.4, 0.5) is 0 Å². The van der Waals surface area contributed by atoms with Crippen molar-refractivity contribution in [3.63, 3.8) is 0 Å². The summed E-state index contributed by atoms with van der Waals surface area (Å²) in [5.74, 6) is 2.92. The van der Waals surface area contributed by atoms with Crippen LogP contribution in [-0.2, 0) is 13.0 Å². The first-order valence-electron chi connectivity index (χ1n) is 8.53. The van der Waals surface area contributed by atoms with Crippen LogP contribution in [0.1, 0.15) is 5.56 Å². The molecule has 2 aromatic carbocycles. The highest BCUT2D eigenvalue weighted by Gasteiger charge is 2.23. The lowest BCUT2D eigenvalue weighted by molar-refractivity contribution is 0.354. The van der Waals surface area contributed by atoms with Gasteiger partial charge in [0, 0.05) is 18.2 Å². The number of rotatable bonds is 4. The van der Waals surface area contributed by atoms with Crippen molar-refractivity contribution in [2.24, 2.45) is 0 Å². The average Bonchev–Trinajstić information content (AvgIpc) is 2.71. The molecule has 140 valence electrons. The van der Waals surface area contributed by atoms with Gasteiger partial charge in [0.25, 0.3) is 5.56 Å². The summed E-state index contributed by atoms with van der Waals surface area (Å²) in [5, 5.41) is 0.500. The first-order valence-corrected chi connectivity index (χ1v) is 8.53. The molecule has 1 aliphatic rings. The van der Waals surface area contributed by atoms with Crippen LogP contribution in [0.15, 0.2) is 29.1 Å². The molecule has 27 heavy (non-hydrogen) atoms. The number of nitrogens with zero attached hydrogens (tertiary/aromatic N) is 2. The van der Waals surface area contributed by atoms with Gasteiger partial charge in [-0.2, -0.15) is 0 Å². The van der Waals surface area contributed by atoms with Gasteiger partial charge in [0.15, 0.2) is 23.0 Å². The minimum Gasteiger partial charge on any atom is -0.493 e. The highest BCUT2D eigenvalue weighted by Crippen LogP contribution is 2.38. The SMILES string of the molecule is COc1cc2c(cc1OC)-c1nc3cc(OC)c(OC)cc3c(=O)n1CC2. The van der Waals surface area contributed by atoms with Crippen LogP contribution in [0.2, 0.25) is 0 Å². The van der Waals surface area contributed by atoms with Gasteiger partial charge in [0.05, 0.1) is 39.3 Å². The molecule has 7 heteroatoms. The second kappa shape index (κ2) is 6.50. The van der Waals surface area contributed by atoms with E-state index in [0.717, 1.165) is 11.1 Å². The maximum absolute atomic E-state index is 13.1. The molecule has 0 saturated heterocycles. The highest BCUT2D eigenvalue weighted by molar-refractivity contribution is 5.84. The molecule has 0 bridgehead atoms. The molecule has 0 unspecified atom stereocenters. The van der Waals surface area contributed by atoms with E-state index in [1.54, 1.807) is 45.1 Å². The molecule has 0 aliphatic carbocycles. The molecule has 0 N–H and O–H groups in total. The lowest BCUT2D eigenvalue weighted by Crippen LogP contribution is -2.27. The van der Waals surface area contributed by atoms with Gasteiger partial charge >= 0.3 is 0 Å². The maximum atomic E-state index is 13.1. The number of hydrogen-bond donors (Lipinski definition) is 0. The van der Waals surface area contributed by atoms with Gasteiger partial charge in [-0.15, -0.1) is 0 Å². The highest BCUT2D eigenvalue weighted by atomic mass is 16.5. The molecule has 1 aromatic heterocycles. The number of ether oxygens (including phenoxy) is 4. The van der Waals surface area contributed by atoms with Crippen LogP contribution >= 0.6 is 0 Å². The first kappa shape index (κ1) is 17.2. The third-order valence-electron chi connectivity index (χ3n) is 4.91. The molecule has 4 rings (SSSR count). The fourth-order valence-corrected chi connectivity index (χ4v) is 3.53. The summed E-state index contributed by atoms with van der Waals surface area (Å²) in [5.41, 5.74) is 2.40. The van der Waals surface area contributed by atoms with Gasteiger partial charge in [-0.25, -0.2) is 4.98 Å². The lowest BCUT2D eigenvalue weighted by Gasteiger charge is -2.23. The quantitative estimate of drug-likeness (QED) is 0.705. The normalized spacial score (nSPS) is 12.3. The van der Waals surface area contributed by atoms with Crippen molar-refractivity contribution in [2.45, 2.75) is 13.0 Å². The van der Waals surface area contributed by atoms with E-state index in [4.69, 9.17) is 23.9 Å². The molecule has 0 atom stereocenters. The largest absolute Gasteiger partial charge is 0.493 e. The standard InChI is InChI=1S/C20H20N2O5/c1-24-15-7-11-5-6-22-19(12(11)8-16(15)25-2)21-14-10-18(27-4)17(26-3)9-13(14)20(22)23/h7-10H,5-6H2,1-4H3. The van der Waals surface area contributed by atoms with E-state index in [2.05, 4.69) is 0 Å². The minimum atomic E-state index is -0.101. The summed E-state index contributed by atoms with van der Waals surface area (Å²) in [6.07, 6.45) is 0.711. The molecule has 7 nitrogen and oxygen atoms in total. The fourth-order valence-electron chi connectivity index (χ4n) is 3.53. The Balaban J connectivity index is 2.02. The van der Waals surface area contributed by atoms with Crippen LogP contribution < -0.4 is 24.5 Å². The summed E-state index contributed by atoms with van der Waals surface area (Å²) >= 11 is 0. The number of fused-ring (bicyclic) bond motifs is 4. The number of benzene rings is 2. The molecule has 0 radical (unpaired) electrons. The number of aryl methyl sites for hydroxylation is 1. The van der Waals surface area contributed by atoms with Crippen molar-refractivity contribution in [2.75, 3.05) is 28.4 Å². The third-order valence-corrected chi connectivity index (χ3v) is 4.91. The van der Waals surface area contributed by atoms with Crippen molar-refractivity contribution in [1.29, 1.82) is 0 Å². The van der Waals surface area contributed by atoms with Crippen molar-refractivity contribution < 1.29 is 18.9 Å². The Hall–Kier alpha value is -3.22. The van der Waals surface area contributed by atoms with Crippen LogP contribution in [0.25, 0.3) is 22.3 Å². The van der Waals surface area contributed by atoms with E-state index < -0.39 is 0 Å². The van der Waals surface area contributed by atoms with Crippen molar-refractivity contribution in [3.8, 4) is 34.4 Å². The van der Waals surface area contributed by atoms with Crippen LogP contribution in [0.5, 0.6) is 23.0 Å². The molecule has 0 spiro atoms. The monoisotopic (exact) mass is 368 g/mol. The number of hydrogen-bond acceptors (Lipinski definition) is 6. The van der Waals surface area contributed by atoms with E-state index >= 15 is 0 Å². The minimum absolute atomic E-state index is 0.101. The van der Waals surface area contributed by atoms with Crippen LogP contribution in [-0.4, -0.2) is 38.0 Å². The lowest BCUT2D eigenvalue weighted by atomic mass is 9.98. The first-order chi connectivity index (χ1) is 13.1. The number of aromatic nitrogens is 2. The second-order valence-corrected chi connectivity index (χ2v) is 6.23. The zero-order valence-electron chi connectivity index (χ0n) is 15.7. The van der Waals surface area contributed by atoms with E-state index in [1.165, 1.54) is 0 Å². The molecule has 0 fully saturated rings. The topological polar surface area (TPSA) is 71.8 Å². The van der Waals surface area contributed by atoms with E-state index in [0.29, 0.717) is 52.7 Å². The van der Waals surface area contributed by atoms with E-state index in [9.17, 15) is 4.79 Å². The Morgan fingerprint density at radius 2 is 1.44 bits per heavy atom. The number of methoxy groups -OCH3 is 4. The van der Waals surface area contributed by atoms with Gasteiger partial charge in [-0.3, -0.25) is 9.36 Å². The van der Waals surface area contributed by atoms with E-state index in [1.807, 2.05) is 12.1 Å². The van der Waals surface area contributed by atoms with Crippen molar-refractivity contribution >= 4 is 10.9 Å². The maximum Gasteiger partial charge on any atom is 0.261 e. The Bertz CT molecular complexity index is 1100. The summed E-state index contributed by atoms with van der Waals surface area (Å²) in [4.78, 5) is 17.9. The summed E-state index contributed by atoms with van der Waals surface area (Å²) in [6, 6.07) is 7.23. The molecular weight excluding hydrogens is 348 g/mol. The third kappa shape index (κ3) is 2.58. The molecular formula is C20H20N2O5. The van der Waals surface area contributed by atoms with Gasteiger partial charge in [-0.05, 0) is 30.2 Å². The Morgan fingerprint density at radius 1 is 0.852 bits per heavy atom. The predicted molar refractivity (Wildman–Crippen MR) is 101 cm³/mol. The van der Waals surface area contributed by atoms with Crippen molar-refractivity contribution in [1.82, 2.24) is 9.55 Å². The smallest absolute Gasteiger partial charge is 0.261 e. The Morgan fingerprint density at radius 3 is 2.11 bits per heavy atom. The Labute approximate surface area is 156 Å². The zero-order valence-corrected chi connectivity index (χ0v) is 15.7. The van der Waals surface area contributed by atoms with Crippen molar-refractivity contribution in [3.05, 3.63) is 40.2 Å². The zero-order chi connectivity index (χ0) is 19.1. The van der Waals surface area contributed by atoms with Gasteiger partial charge in [-0.1, -0.05) is 0 Å². The molecule has 2 heterocycles. The molecule has 3 aromatic rings. The molecule has 0 saturated carbocycles. The fraction of sp³-hybridized carbons (Fsp3) is 0.300. The van der Waals surface area contributed by atoms with Crippen LogP contribution in [0, 0.1) is 0 Å². The van der Waals surface area contributed by atoms with Gasteiger partial charge in [0.2, 0.25) is 0 Å². The molecule has 1 aliphatic heterocycles. The average molecular weight is 368 g/mol. The predicted octanol–water partition coefficient (Wildman–Crippen LogP) is 2.65. The van der Waals surface area contributed by atoms with E-state index in [-0.39, 0.29) is 5.56 Å².